The van der Waals surface area contributed by atoms with Crippen molar-refractivity contribution in [2.24, 2.45) is 11.8 Å². The molecule has 35 heavy (non-hydrogen) atoms. The Morgan fingerprint density at radius 3 is 2.17 bits per heavy atom. The van der Waals surface area contributed by atoms with Gasteiger partial charge in [-0.3, -0.25) is 4.79 Å². The molecule has 2 amide bonds. The molecule has 0 aromatic heterocycles. The first kappa shape index (κ1) is 24.7. The largest absolute Gasteiger partial charge is 0.479 e. The van der Waals surface area contributed by atoms with Crippen LogP contribution in [0.2, 0.25) is 0 Å². The lowest BCUT2D eigenvalue weighted by Crippen LogP contribution is -2.55. The quantitative estimate of drug-likeness (QED) is 0.479. The van der Waals surface area contributed by atoms with Gasteiger partial charge in [-0.05, 0) is 53.9 Å². The summed E-state index contributed by atoms with van der Waals surface area (Å²) in [6, 6.07) is 16.4. The highest BCUT2D eigenvalue weighted by molar-refractivity contribution is 5.87. The van der Waals surface area contributed by atoms with Crippen LogP contribution in [0, 0.1) is 11.8 Å². The molecule has 4 rings (SSSR count). The van der Waals surface area contributed by atoms with Crippen LogP contribution in [-0.4, -0.2) is 55.5 Å². The molecule has 2 aromatic carbocycles. The van der Waals surface area contributed by atoms with E-state index in [1.807, 2.05) is 24.3 Å². The third kappa shape index (κ3) is 5.48. The zero-order valence-electron chi connectivity index (χ0n) is 20.1. The average Bonchev–Trinajstić information content (AvgIpc) is 3.12. The van der Waals surface area contributed by atoms with Crippen LogP contribution < -0.4 is 10.6 Å². The van der Waals surface area contributed by atoms with E-state index in [0.29, 0.717) is 6.54 Å². The monoisotopic (exact) mass is 480 g/mol. The number of alkyl carbamates (subject to hydrolysis) is 1. The molecular formula is C27H32N2O6. The highest BCUT2D eigenvalue weighted by atomic mass is 16.5. The van der Waals surface area contributed by atoms with Crippen molar-refractivity contribution in [2.75, 3.05) is 26.9 Å². The number of fused-ring (bicyclic) bond motifs is 3. The molecule has 8 nitrogen and oxygen atoms in total. The number of carboxylic acids is 1. The molecule has 1 saturated carbocycles. The topological polar surface area (TPSA) is 114 Å². The molecule has 1 atom stereocenters. The van der Waals surface area contributed by atoms with Gasteiger partial charge in [0.1, 0.15) is 6.61 Å². The molecule has 0 spiro atoms. The zero-order valence-corrected chi connectivity index (χ0v) is 20.1. The predicted molar refractivity (Wildman–Crippen MR) is 130 cm³/mol. The SMILES string of the molecule is COCC(C)(NC(=O)CC1CC(CNC(=O)OCC2c3ccccc3-c3ccccc32)C1)C(=O)O. The maximum atomic E-state index is 12.3. The minimum atomic E-state index is -1.44. The summed E-state index contributed by atoms with van der Waals surface area (Å²) in [5.41, 5.74) is 3.28. The number of carbonyl (C=O) groups is 3. The summed E-state index contributed by atoms with van der Waals surface area (Å²) in [6.45, 7) is 2.09. The third-order valence-electron chi connectivity index (χ3n) is 7.01. The Morgan fingerprint density at radius 2 is 1.60 bits per heavy atom. The van der Waals surface area contributed by atoms with Gasteiger partial charge >= 0.3 is 12.1 Å². The Morgan fingerprint density at radius 1 is 1.00 bits per heavy atom. The van der Waals surface area contributed by atoms with Gasteiger partial charge in [0.15, 0.2) is 5.54 Å². The van der Waals surface area contributed by atoms with Crippen LogP contribution in [0.1, 0.15) is 43.2 Å². The summed E-state index contributed by atoms with van der Waals surface area (Å²) in [7, 11) is 1.40. The summed E-state index contributed by atoms with van der Waals surface area (Å²) in [6.07, 6.45) is 1.41. The van der Waals surface area contributed by atoms with Gasteiger partial charge in [0.25, 0.3) is 0 Å². The molecule has 2 aliphatic carbocycles. The summed E-state index contributed by atoms with van der Waals surface area (Å²) in [5, 5.41) is 14.8. The van der Waals surface area contributed by atoms with Crippen LogP contribution in [0.3, 0.4) is 0 Å². The van der Waals surface area contributed by atoms with Gasteiger partial charge in [-0.15, -0.1) is 0 Å². The van der Waals surface area contributed by atoms with E-state index in [0.717, 1.165) is 12.8 Å². The van der Waals surface area contributed by atoms with Crippen molar-refractivity contribution in [2.45, 2.75) is 37.6 Å². The van der Waals surface area contributed by atoms with E-state index in [-0.39, 0.29) is 43.3 Å². The van der Waals surface area contributed by atoms with Crippen molar-refractivity contribution >= 4 is 18.0 Å². The molecule has 2 aromatic rings. The number of methoxy groups -OCH3 is 1. The van der Waals surface area contributed by atoms with E-state index in [2.05, 4.69) is 34.9 Å². The van der Waals surface area contributed by atoms with Crippen molar-refractivity contribution in [3.05, 3.63) is 59.7 Å². The van der Waals surface area contributed by atoms with Crippen LogP contribution in [0.25, 0.3) is 11.1 Å². The number of ether oxygens (including phenoxy) is 2. The maximum absolute atomic E-state index is 12.3. The molecule has 0 bridgehead atoms. The number of aliphatic carboxylic acids is 1. The van der Waals surface area contributed by atoms with Gasteiger partial charge in [0.2, 0.25) is 5.91 Å². The standard InChI is InChI=1S/C27H32N2O6/c1-27(16-34-2,25(31)32)29-24(30)13-17-11-18(12-17)14-28-26(33)35-15-23-21-9-5-3-7-19(21)20-8-4-6-10-22(20)23/h3-10,17-18,23H,11-16H2,1-2H3,(H,28,33)(H,29,30)(H,31,32). The molecule has 0 heterocycles. The van der Waals surface area contributed by atoms with Gasteiger partial charge in [0, 0.05) is 26.0 Å². The van der Waals surface area contributed by atoms with E-state index in [1.54, 1.807) is 0 Å². The second-order valence-corrected chi connectivity index (χ2v) is 9.73. The van der Waals surface area contributed by atoms with Crippen LogP contribution >= 0.6 is 0 Å². The number of nitrogens with one attached hydrogen (secondary N) is 2. The fraction of sp³-hybridized carbons (Fsp3) is 0.444. The first-order valence-electron chi connectivity index (χ1n) is 11.9. The van der Waals surface area contributed by atoms with Crippen LogP contribution in [0.5, 0.6) is 0 Å². The maximum Gasteiger partial charge on any atom is 0.407 e. The van der Waals surface area contributed by atoms with E-state index < -0.39 is 17.6 Å². The molecule has 0 aliphatic heterocycles. The Kier molecular flexibility index (Phi) is 7.40. The van der Waals surface area contributed by atoms with E-state index in [1.165, 1.54) is 36.3 Å². The highest BCUT2D eigenvalue weighted by Crippen LogP contribution is 2.44. The van der Waals surface area contributed by atoms with Gasteiger partial charge in [-0.25, -0.2) is 9.59 Å². The summed E-state index contributed by atoms with van der Waals surface area (Å²) < 4.78 is 10.5. The molecule has 3 N–H and O–H groups in total. The Bertz CT molecular complexity index is 1050. The molecule has 2 aliphatic rings. The average molecular weight is 481 g/mol. The number of rotatable bonds is 10. The number of carbonyl (C=O) groups excluding carboxylic acids is 2. The van der Waals surface area contributed by atoms with Gasteiger partial charge in [-0.2, -0.15) is 0 Å². The molecule has 0 radical (unpaired) electrons. The number of hydrogen-bond acceptors (Lipinski definition) is 5. The first-order chi connectivity index (χ1) is 16.8. The number of benzene rings is 2. The fourth-order valence-electron chi connectivity index (χ4n) is 5.15. The summed E-state index contributed by atoms with van der Waals surface area (Å²) in [5.74, 6) is -0.969. The van der Waals surface area contributed by atoms with Crippen molar-refractivity contribution in [1.82, 2.24) is 10.6 Å². The highest BCUT2D eigenvalue weighted by Gasteiger charge is 2.37. The van der Waals surface area contributed by atoms with Gasteiger partial charge in [0.05, 0.1) is 6.61 Å². The van der Waals surface area contributed by atoms with Crippen molar-refractivity contribution in [3.63, 3.8) is 0 Å². The normalized spacial score (nSPS) is 20.1. The van der Waals surface area contributed by atoms with E-state index in [4.69, 9.17) is 9.47 Å². The summed E-state index contributed by atoms with van der Waals surface area (Å²) in [4.78, 5) is 36.1. The Balaban J connectivity index is 1.18. The predicted octanol–water partition coefficient (Wildman–Crippen LogP) is 3.55. The molecule has 1 unspecified atom stereocenters. The molecule has 8 heteroatoms. The number of amides is 2. The van der Waals surface area contributed by atoms with Crippen molar-refractivity contribution < 1.29 is 29.0 Å². The molecule has 186 valence electrons. The van der Waals surface area contributed by atoms with Crippen LogP contribution in [0.15, 0.2) is 48.5 Å². The molecular weight excluding hydrogens is 448 g/mol. The lowest BCUT2D eigenvalue weighted by atomic mass is 9.73. The summed E-state index contributed by atoms with van der Waals surface area (Å²) >= 11 is 0. The fourth-order valence-corrected chi connectivity index (χ4v) is 5.15. The smallest absolute Gasteiger partial charge is 0.407 e. The van der Waals surface area contributed by atoms with Gasteiger partial charge < -0.3 is 25.2 Å². The lowest BCUT2D eigenvalue weighted by molar-refractivity contribution is -0.149. The minimum absolute atomic E-state index is 0.0225. The Hall–Kier alpha value is -3.39. The van der Waals surface area contributed by atoms with Crippen LogP contribution in [-0.2, 0) is 19.1 Å². The third-order valence-corrected chi connectivity index (χ3v) is 7.01. The number of hydrogen-bond donors (Lipinski definition) is 3. The van der Waals surface area contributed by atoms with E-state index >= 15 is 0 Å². The Labute approximate surface area is 205 Å². The molecule has 1 fully saturated rings. The second-order valence-electron chi connectivity index (χ2n) is 9.73. The van der Waals surface area contributed by atoms with Crippen LogP contribution in [0.4, 0.5) is 4.79 Å². The zero-order chi connectivity index (χ0) is 25.0. The van der Waals surface area contributed by atoms with Crippen molar-refractivity contribution in [3.8, 4) is 11.1 Å². The van der Waals surface area contributed by atoms with E-state index in [9.17, 15) is 19.5 Å². The molecule has 0 saturated heterocycles. The first-order valence-corrected chi connectivity index (χ1v) is 11.9. The number of carboxylic acid groups (broad SMARTS) is 1. The van der Waals surface area contributed by atoms with Gasteiger partial charge in [-0.1, -0.05) is 48.5 Å². The lowest BCUT2D eigenvalue weighted by Gasteiger charge is -2.35. The van der Waals surface area contributed by atoms with Crippen molar-refractivity contribution in [1.29, 1.82) is 0 Å². The second kappa shape index (κ2) is 10.5. The minimum Gasteiger partial charge on any atom is -0.479 e.